The Morgan fingerprint density at radius 1 is 0.652 bits per heavy atom. The second-order valence-electron chi connectivity index (χ2n) is 5.16. The standard InChI is InChI=1S/C19H18N2S2/c22-14-20-11-9-16-5-1-3-7-18(16)13-19-8-4-2-6-17(19)10-12-21-15-23/h1-8H,9-13H2. The van der Waals surface area contributed by atoms with E-state index in [1.165, 1.54) is 22.3 Å². The van der Waals surface area contributed by atoms with Crippen LogP contribution in [0.5, 0.6) is 0 Å². The van der Waals surface area contributed by atoms with Gasteiger partial charge >= 0.3 is 0 Å². The number of benzene rings is 2. The van der Waals surface area contributed by atoms with Gasteiger partial charge in [0.1, 0.15) is 0 Å². The lowest BCUT2D eigenvalue weighted by molar-refractivity contribution is 0.931. The molecule has 0 radical (unpaired) electrons. The zero-order valence-corrected chi connectivity index (χ0v) is 14.5. The average molecular weight is 339 g/mol. The summed E-state index contributed by atoms with van der Waals surface area (Å²) >= 11 is 9.27. The number of nitrogens with zero attached hydrogens (tertiary/aromatic N) is 2. The summed E-state index contributed by atoms with van der Waals surface area (Å²) in [4.78, 5) is 8.04. The van der Waals surface area contributed by atoms with Gasteiger partial charge in [0.2, 0.25) is 0 Å². The summed E-state index contributed by atoms with van der Waals surface area (Å²) in [5.41, 5.74) is 5.29. The molecular formula is C19H18N2S2. The predicted molar refractivity (Wildman–Crippen MR) is 103 cm³/mol. The number of isothiocyanates is 2. The van der Waals surface area contributed by atoms with E-state index < -0.39 is 0 Å². The van der Waals surface area contributed by atoms with Crippen molar-refractivity contribution in [1.29, 1.82) is 0 Å². The molecule has 0 fully saturated rings. The van der Waals surface area contributed by atoms with Crippen molar-refractivity contribution in [2.24, 2.45) is 9.98 Å². The van der Waals surface area contributed by atoms with Crippen LogP contribution in [0, 0.1) is 0 Å². The van der Waals surface area contributed by atoms with Crippen LogP contribution in [0.15, 0.2) is 58.5 Å². The fourth-order valence-electron chi connectivity index (χ4n) is 2.60. The first-order valence-electron chi connectivity index (χ1n) is 7.56. The Morgan fingerprint density at radius 2 is 1.04 bits per heavy atom. The third-order valence-electron chi connectivity index (χ3n) is 3.73. The van der Waals surface area contributed by atoms with Crippen LogP contribution in [0.1, 0.15) is 22.3 Å². The Hall–Kier alpha value is -1.96. The fourth-order valence-corrected chi connectivity index (χ4v) is 2.78. The molecule has 23 heavy (non-hydrogen) atoms. The summed E-state index contributed by atoms with van der Waals surface area (Å²) in [5, 5.41) is 4.86. The Balaban J connectivity index is 2.18. The highest BCUT2D eigenvalue weighted by atomic mass is 32.1. The molecule has 116 valence electrons. The maximum atomic E-state index is 4.63. The molecule has 2 aromatic rings. The molecule has 0 heterocycles. The molecule has 0 spiro atoms. The van der Waals surface area contributed by atoms with Crippen molar-refractivity contribution in [2.75, 3.05) is 13.1 Å². The normalized spacial score (nSPS) is 9.74. The molecule has 0 unspecified atom stereocenters. The van der Waals surface area contributed by atoms with Crippen molar-refractivity contribution >= 4 is 34.8 Å². The number of thiocarbonyl (C=S) groups is 2. The van der Waals surface area contributed by atoms with Gasteiger partial charge < -0.3 is 0 Å². The number of rotatable bonds is 8. The maximum Gasteiger partial charge on any atom is 0.0585 e. The van der Waals surface area contributed by atoms with Gasteiger partial charge in [0.15, 0.2) is 0 Å². The van der Waals surface area contributed by atoms with E-state index in [0.29, 0.717) is 13.1 Å². The second-order valence-corrected chi connectivity index (χ2v) is 5.53. The summed E-state index contributed by atoms with van der Waals surface area (Å²) in [6.45, 7) is 1.37. The van der Waals surface area contributed by atoms with Crippen LogP contribution in [0.25, 0.3) is 0 Å². The number of hydrogen-bond acceptors (Lipinski definition) is 4. The third kappa shape index (κ3) is 5.63. The molecule has 4 heteroatoms. The minimum absolute atomic E-state index is 0.686. The molecule has 2 nitrogen and oxygen atoms in total. The van der Waals surface area contributed by atoms with Crippen molar-refractivity contribution in [2.45, 2.75) is 19.3 Å². The van der Waals surface area contributed by atoms with Gasteiger partial charge in [0.25, 0.3) is 0 Å². The van der Waals surface area contributed by atoms with Crippen LogP contribution in [0.4, 0.5) is 0 Å². The summed E-state index contributed by atoms with van der Waals surface area (Å²) in [7, 11) is 0. The summed E-state index contributed by atoms with van der Waals surface area (Å²) in [6, 6.07) is 17.0. The second kappa shape index (κ2) is 9.94. The molecule has 0 amide bonds. The summed E-state index contributed by atoms with van der Waals surface area (Å²) in [5.74, 6) is 0. The SMILES string of the molecule is S=C=NCCc1ccccc1Cc1ccccc1CCN=C=S. The van der Waals surface area contributed by atoms with Crippen molar-refractivity contribution in [3.05, 3.63) is 70.8 Å². The minimum Gasteiger partial charge on any atom is -0.232 e. The lowest BCUT2D eigenvalue weighted by Crippen LogP contribution is -2.01. The van der Waals surface area contributed by atoms with Crippen LogP contribution >= 0.6 is 24.4 Å². The average Bonchev–Trinajstić information content (AvgIpc) is 2.58. The fraction of sp³-hybridized carbons (Fsp3) is 0.263. The quantitative estimate of drug-likeness (QED) is 0.520. The molecule has 0 atom stereocenters. The van der Waals surface area contributed by atoms with Crippen LogP contribution in [-0.2, 0) is 19.3 Å². The van der Waals surface area contributed by atoms with Crippen molar-refractivity contribution in [3.63, 3.8) is 0 Å². The van der Waals surface area contributed by atoms with E-state index in [1.807, 2.05) is 0 Å². The van der Waals surface area contributed by atoms with E-state index in [9.17, 15) is 0 Å². The topological polar surface area (TPSA) is 24.7 Å². The minimum atomic E-state index is 0.686. The lowest BCUT2D eigenvalue weighted by Gasteiger charge is -2.12. The van der Waals surface area contributed by atoms with E-state index in [-0.39, 0.29) is 0 Å². The molecule has 0 N–H and O–H groups in total. The Morgan fingerprint density at radius 3 is 1.43 bits per heavy atom. The van der Waals surface area contributed by atoms with Crippen LogP contribution in [0.3, 0.4) is 0 Å². The Labute approximate surface area is 148 Å². The predicted octanol–water partition coefficient (Wildman–Crippen LogP) is 4.57. The molecule has 0 aliphatic heterocycles. The molecule has 0 bridgehead atoms. The molecule has 0 aromatic heterocycles. The largest absolute Gasteiger partial charge is 0.232 e. The van der Waals surface area contributed by atoms with Gasteiger partial charge in [-0.05, 0) is 66.0 Å². The molecular weight excluding hydrogens is 320 g/mol. The van der Waals surface area contributed by atoms with Gasteiger partial charge in [0, 0.05) is 0 Å². The van der Waals surface area contributed by atoms with E-state index in [2.05, 4.69) is 93.3 Å². The molecule has 0 aliphatic carbocycles. The first-order valence-corrected chi connectivity index (χ1v) is 8.37. The monoisotopic (exact) mass is 338 g/mol. The van der Waals surface area contributed by atoms with Gasteiger partial charge in [-0.2, -0.15) is 0 Å². The van der Waals surface area contributed by atoms with Gasteiger partial charge in [-0.25, -0.2) is 9.98 Å². The van der Waals surface area contributed by atoms with E-state index in [0.717, 1.165) is 19.3 Å². The van der Waals surface area contributed by atoms with Crippen molar-refractivity contribution in [1.82, 2.24) is 0 Å². The first-order chi connectivity index (χ1) is 11.3. The molecule has 2 aromatic carbocycles. The van der Waals surface area contributed by atoms with Gasteiger partial charge in [-0.1, -0.05) is 48.5 Å². The molecule has 0 saturated carbocycles. The zero-order chi connectivity index (χ0) is 16.3. The zero-order valence-electron chi connectivity index (χ0n) is 12.9. The van der Waals surface area contributed by atoms with E-state index >= 15 is 0 Å². The summed E-state index contributed by atoms with van der Waals surface area (Å²) in [6.07, 6.45) is 2.68. The van der Waals surface area contributed by atoms with Crippen molar-refractivity contribution < 1.29 is 0 Å². The third-order valence-corrected chi connectivity index (χ3v) is 3.99. The molecule has 0 aliphatic rings. The summed E-state index contributed by atoms with van der Waals surface area (Å²) < 4.78 is 0. The number of aliphatic imine (C=N–C) groups is 2. The first kappa shape index (κ1) is 17.4. The van der Waals surface area contributed by atoms with E-state index in [4.69, 9.17) is 0 Å². The maximum absolute atomic E-state index is 4.63. The van der Waals surface area contributed by atoms with E-state index in [1.54, 1.807) is 0 Å². The highest BCUT2D eigenvalue weighted by Crippen LogP contribution is 2.18. The smallest absolute Gasteiger partial charge is 0.0585 e. The number of hydrogen-bond donors (Lipinski definition) is 0. The highest BCUT2D eigenvalue weighted by Gasteiger charge is 2.06. The molecule has 2 rings (SSSR count). The Kier molecular flexibility index (Phi) is 7.51. The highest BCUT2D eigenvalue weighted by molar-refractivity contribution is 7.78. The van der Waals surface area contributed by atoms with Gasteiger partial charge in [-0.3, -0.25) is 0 Å². The van der Waals surface area contributed by atoms with Gasteiger partial charge in [-0.15, -0.1) is 0 Å². The Bertz CT molecular complexity index is 679. The molecule has 0 saturated heterocycles. The van der Waals surface area contributed by atoms with Crippen LogP contribution in [0.2, 0.25) is 0 Å². The van der Waals surface area contributed by atoms with Gasteiger partial charge in [0.05, 0.1) is 23.4 Å². The lowest BCUT2D eigenvalue weighted by atomic mass is 9.94. The van der Waals surface area contributed by atoms with Crippen LogP contribution in [-0.4, -0.2) is 23.4 Å². The van der Waals surface area contributed by atoms with Crippen LogP contribution < -0.4 is 0 Å². The van der Waals surface area contributed by atoms with Crippen molar-refractivity contribution in [3.8, 4) is 0 Å².